The number of hydrogen-bond donors (Lipinski definition) is 3. The molecule has 0 saturated heterocycles. The van der Waals surface area contributed by atoms with Gasteiger partial charge in [0, 0.05) is 11.6 Å². The number of nitrogen functional groups attached to an aromatic ring is 1. The molecule has 0 aliphatic carbocycles. The second kappa shape index (κ2) is 5.82. The Balaban J connectivity index is 2.86. The van der Waals surface area contributed by atoms with Gasteiger partial charge in [0.05, 0.1) is 0 Å². The molecule has 1 atom stereocenters. The number of aromatic nitrogens is 2. The van der Waals surface area contributed by atoms with Crippen LogP contribution in [0.4, 0.5) is 11.6 Å². The molecule has 17 heavy (non-hydrogen) atoms. The molecule has 4 N–H and O–H groups in total. The zero-order valence-corrected chi connectivity index (χ0v) is 11.3. The summed E-state index contributed by atoms with van der Waals surface area (Å²) in [7, 11) is 0. The molecule has 0 aromatic carbocycles. The summed E-state index contributed by atoms with van der Waals surface area (Å²) >= 11 is 0. The molecule has 0 saturated carbocycles. The Hall–Kier alpha value is -1.36. The van der Waals surface area contributed by atoms with Crippen LogP contribution in [0.3, 0.4) is 0 Å². The van der Waals surface area contributed by atoms with Gasteiger partial charge in [-0.2, -0.15) is 0 Å². The number of nitrogens with zero attached hydrogens (tertiary/aromatic N) is 2. The minimum absolute atomic E-state index is 0.383. The van der Waals surface area contributed by atoms with E-state index in [9.17, 15) is 0 Å². The second-order valence-electron chi connectivity index (χ2n) is 4.91. The lowest BCUT2D eigenvalue weighted by atomic mass is 10.1. The van der Waals surface area contributed by atoms with E-state index in [0.717, 1.165) is 17.8 Å². The van der Waals surface area contributed by atoms with E-state index in [0.29, 0.717) is 23.6 Å². The lowest BCUT2D eigenvalue weighted by Gasteiger charge is -2.19. The molecule has 5 nitrogen and oxygen atoms in total. The maximum Gasteiger partial charge on any atom is 0.148 e. The van der Waals surface area contributed by atoms with Gasteiger partial charge in [-0.25, -0.2) is 15.8 Å². The van der Waals surface area contributed by atoms with Gasteiger partial charge in [-0.15, -0.1) is 0 Å². The first kappa shape index (κ1) is 13.7. The third-order valence-corrected chi connectivity index (χ3v) is 2.60. The van der Waals surface area contributed by atoms with E-state index >= 15 is 0 Å². The lowest BCUT2D eigenvalue weighted by Crippen LogP contribution is -2.21. The van der Waals surface area contributed by atoms with E-state index < -0.39 is 0 Å². The Bertz CT molecular complexity index is 375. The van der Waals surface area contributed by atoms with Gasteiger partial charge in [-0.1, -0.05) is 13.8 Å². The van der Waals surface area contributed by atoms with Crippen LogP contribution in [0.25, 0.3) is 0 Å². The van der Waals surface area contributed by atoms with E-state index in [-0.39, 0.29) is 0 Å². The summed E-state index contributed by atoms with van der Waals surface area (Å²) in [5, 5.41) is 3.41. The molecule has 0 aliphatic heterocycles. The van der Waals surface area contributed by atoms with Crippen molar-refractivity contribution in [2.75, 3.05) is 10.7 Å². The first-order valence-electron chi connectivity index (χ1n) is 6.02. The van der Waals surface area contributed by atoms with Gasteiger partial charge in [-0.3, -0.25) is 0 Å². The van der Waals surface area contributed by atoms with Crippen LogP contribution >= 0.6 is 0 Å². The van der Waals surface area contributed by atoms with E-state index in [1.165, 1.54) is 0 Å². The molecule has 1 aromatic heterocycles. The first-order valence-corrected chi connectivity index (χ1v) is 6.02. The van der Waals surface area contributed by atoms with Gasteiger partial charge in [0.15, 0.2) is 0 Å². The molecule has 96 valence electrons. The third kappa shape index (κ3) is 3.85. The number of hydrazine groups is 1. The van der Waals surface area contributed by atoms with Gasteiger partial charge < -0.3 is 10.7 Å². The highest BCUT2D eigenvalue weighted by atomic mass is 15.3. The van der Waals surface area contributed by atoms with Gasteiger partial charge in [0.25, 0.3) is 0 Å². The summed E-state index contributed by atoms with van der Waals surface area (Å²) in [5.74, 6) is 8.34. The van der Waals surface area contributed by atoms with E-state index in [2.05, 4.69) is 41.5 Å². The van der Waals surface area contributed by atoms with Crippen LogP contribution in [0.1, 0.15) is 38.6 Å². The fourth-order valence-corrected chi connectivity index (χ4v) is 1.91. The second-order valence-corrected chi connectivity index (χ2v) is 4.91. The molecule has 0 amide bonds. The first-order chi connectivity index (χ1) is 7.93. The maximum absolute atomic E-state index is 5.43. The molecule has 1 aromatic rings. The van der Waals surface area contributed by atoms with Crippen molar-refractivity contribution in [3.63, 3.8) is 0 Å². The predicted molar refractivity (Wildman–Crippen MR) is 71.9 cm³/mol. The monoisotopic (exact) mass is 237 g/mol. The minimum atomic E-state index is 0.383. The molecule has 5 heteroatoms. The van der Waals surface area contributed by atoms with Crippen LogP contribution in [0.5, 0.6) is 0 Å². The number of nitrogens with one attached hydrogen (secondary N) is 2. The van der Waals surface area contributed by atoms with Crippen LogP contribution in [-0.4, -0.2) is 16.0 Å². The Morgan fingerprint density at radius 1 is 1.12 bits per heavy atom. The number of hydrogen-bond acceptors (Lipinski definition) is 5. The Morgan fingerprint density at radius 3 is 2.24 bits per heavy atom. The van der Waals surface area contributed by atoms with Crippen LogP contribution in [0, 0.1) is 19.8 Å². The zero-order chi connectivity index (χ0) is 13.0. The normalized spacial score (nSPS) is 12.6. The van der Waals surface area contributed by atoms with Gasteiger partial charge in [0.1, 0.15) is 17.5 Å². The van der Waals surface area contributed by atoms with Crippen molar-refractivity contribution in [1.82, 2.24) is 9.97 Å². The van der Waals surface area contributed by atoms with Crippen LogP contribution in [-0.2, 0) is 0 Å². The van der Waals surface area contributed by atoms with E-state index in [1.807, 2.05) is 13.8 Å². The quantitative estimate of drug-likeness (QED) is 0.541. The number of nitrogens with two attached hydrogens (primary N) is 1. The average molecular weight is 237 g/mol. The summed E-state index contributed by atoms with van der Waals surface area (Å²) in [6.07, 6.45) is 1.11. The third-order valence-electron chi connectivity index (χ3n) is 2.60. The van der Waals surface area contributed by atoms with Crippen molar-refractivity contribution in [1.29, 1.82) is 0 Å². The fraction of sp³-hybridized carbons (Fsp3) is 0.667. The minimum Gasteiger partial charge on any atom is -0.367 e. The zero-order valence-electron chi connectivity index (χ0n) is 11.3. The molecular formula is C12H23N5. The molecular weight excluding hydrogens is 214 g/mol. The van der Waals surface area contributed by atoms with Crippen LogP contribution in [0.15, 0.2) is 0 Å². The van der Waals surface area contributed by atoms with E-state index in [4.69, 9.17) is 5.84 Å². The van der Waals surface area contributed by atoms with Crippen molar-refractivity contribution >= 4 is 11.6 Å². The number of anilines is 2. The molecule has 0 aliphatic rings. The molecule has 0 radical (unpaired) electrons. The summed E-state index contributed by atoms with van der Waals surface area (Å²) in [4.78, 5) is 8.64. The fourth-order valence-electron chi connectivity index (χ4n) is 1.91. The van der Waals surface area contributed by atoms with Crippen LogP contribution in [0.2, 0.25) is 0 Å². The molecule has 1 unspecified atom stereocenters. The smallest absolute Gasteiger partial charge is 0.148 e. The molecule has 0 bridgehead atoms. The summed E-state index contributed by atoms with van der Waals surface area (Å²) in [6.45, 7) is 10.4. The van der Waals surface area contributed by atoms with Gasteiger partial charge in [0.2, 0.25) is 0 Å². The largest absolute Gasteiger partial charge is 0.367 e. The Morgan fingerprint density at radius 2 is 1.71 bits per heavy atom. The van der Waals surface area contributed by atoms with Crippen molar-refractivity contribution in [2.24, 2.45) is 11.8 Å². The highest BCUT2D eigenvalue weighted by Crippen LogP contribution is 2.20. The summed E-state index contributed by atoms with van der Waals surface area (Å²) in [5.41, 5.74) is 3.55. The number of rotatable bonds is 5. The highest BCUT2D eigenvalue weighted by molar-refractivity contribution is 5.56. The maximum atomic E-state index is 5.43. The lowest BCUT2D eigenvalue weighted by molar-refractivity contribution is 0.538. The van der Waals surface area contributed by atoms with Crippen LogP contribution < -0.4 is 16.6 Å². The van der Waals surface area contributed by atoms with Gasteiger partial charge >= 0.3 is 0 Å². The van der Waals surface area contributed by atoms with E-state index in [1.54, 1.807) is 0 Å². The predicted octanol–water partition coefficient (Wildman–Crippen LogP) is 2.23. The molecule has 1 heterocycles. The van der Waals surface area contributed by atoms with Crippen molar-refractivity contribution in [3.8, 4) is 0 Å². The number of aryl methyl sites for hydroxylation is 1. The topological polar surface area (TPSA) is 75.9 Å². The molecule has 1 rings (SSSR count). The Labute approximate surface area is 103 Å². The molecule has 0 fully saturated rings. The SMILES string of the molecule is Cc1nc(NN)c(C)c(NC(C)CC(C)C)n1. The molecule has 0 spiro atoms. The van der Waals surface area contributed by atoms with Crippen molar-refractivity contribution in [2.45, 2.75) is 47.1 Å². The highest BCUT2D eigenvalue weighted by Gasteiger charge is 2.11. The summed E-state index contributed by atoms with van der Waals surface area (Å²) in [6, 6.07) is 0.383. The van der Waals surface area contributed by atoms with Crippen molar-refractivity contribution < 1.29 is 0 Å². The standard InChI is InChI=1S/C12H23N5/c1-7(2)6-8(3)14-11-9(4)12(17-13)16-10(5)15-11/h7-8H,6,13H2,1-5H3,(H2,14,15,16,17). The summed E-state index contributed by atoms with van der Waals surface area (Å²) < 4.78 is 0. The van der Waals surface area contributed by atoms with Gasteiger partial charge in [-0.05, 0) is 33.1 Å². The van der Waals surface area contributed by atoms with Crippen molar-refractivity contribution in [3.05, 3.63) is 11.4 Å². The Kier molecular flexibility index (Phi) is 4.69. The average Bonchev–Trinajstić information content (AvgIpc) is 2.21.